The number of carbonyl (C=O) groups is 2. The number of amides is 2. The van der Waals surface area contributed by atoms with E-state index in [4.69, 9.17) is 4.98 Å². The van der Waals surface area contributed by atoms with Gasteiger partial charge in [0.25, 0.3) is 0 Å². The Morgan fingerprint density at radius 1 is 1.14 bits per heavy atom. The SMILES string of the molecule is CCCNC(=O)CN(C)CC(=O)N(Cc1ccccc1)c1nc2c(s1)CCCC2. The van der Waals surface area contributed by atoms with Crippen LogP contribution in [0.4, 0.5) is 5.13 Å². The number of likely N-dealkylation sites (N-methyl/N-ethyl adjacent to an activating group) is 1. The van der Waals surface area contributed by atoms with Gasteiger partial charge in [0.05, 0.1) is 25.3 Å². The van der Waals surface area contributed by atoms with Gasteiger partial charge in [-0.05, 0) is 44.7 Å². The fourth-order valence-corrected chi connectivity index (χ4v) is 4.58. The van der Waals surface area contributed by atoms with Crippen LogP contribution in [0.3, 0.4) is 0 Å². The van der Waals surface area contributed by atoms with Gasteiger partial charge in [-0.3, -0.25) is 19.4 Å². The van der Waals surface area contributed by atoms with Crippen LogP contribution in [-0.4, -0.2) is 48.4 Å². The average molecular weight is 415 g/mol. The van der Waals surface area contributed by atoms with Crippen LogP contribution in [0.5, 0.6) is 0 Å². The van der Waals surface area contributed by atoms with Crippen LogP contribution in [0.15, 0.2) is 30.3 Å². The Labute approximate surface area is 176 Å². The zero-order valence-corrected chi connectivity index (χ0v) is 18.1. The van der Waals surface area contributed by atoms with Crippen LogP contribution in [0, 0.1) is 0 Å². The van der Waals surface area contributed by atoms with Crippen molar-refractivity contribution in [1.29, 1.82) is 0 Å². The molecular weight excluding hydrogens is 384 g/mol. The van der Waals surface area contributed by atoms with E-state index in [-0.39, 0.29) is 24.9 Å². The van der Waals surface area contributed by atoms with Gasteiger partial charge in [-0.2, -0.15) is 0 Å². The van der Waals surface area contributed by atoms with Gasteiger partial charge in [0, 0.05) is 11.4 Å². The van der Waals surface area contributed by atoms with Crippen molar-refractivity contribution in [2.75, 3.05) is 31.6 Å². The molecule has 1 aliphatic rings. The van der Waals surface area contributed by atoms with Crippen molar-refractivity contribution >= 4 is 28.3 Å². The number of aromatic nitrogens is 1. The first kappa shape index (κ1) is 21.5. The van der Waals surface area contributed by atoms with E-state index in [0.29, 0.717) is 13.1 Å². The highest BCUT2D eigenvalue weighted by molar-refractivity contribution is 7.15. The molecule has 156 valence electrons. The summed E-state index contributed by atoms with van der Waals surface area (Å²) in [5, 5.41) is 3.63. The number of nitrogens with one attached hydrogen (secondary N) is 1. The first-order valence-corrected chi connectivity index (χ1v) is 11.2. The maximum Gasteiger partial charge on any atom is 0.243 e. The van der Waals surface area contributed by atoms with E-state index in [1.54, 1.807) is 28.2 Å². The molecular formula is C22H30N4O2S. The number of thiazole rings is 1. The lowest BCUT2D eigenvalue weighted by Gasteiger charge is -2.23. The Morgan fingerprint density at radius 3 is 2.62 bits per heavy atom. The van der Waals surface area contributed by atoms with Crippen molar-refractivity contribution in [2.45, 2.75) is 45.6 Å². The van der Waals surface area contributed by atoms with Crippen LogP contribution in [0.1, 0.15) is 42.3 Å². The van der Waals surface area contributed by atoms with E-state index in [9.17, 15) is 9.59 Å². The number of anilines is 1. The normalized spacial score (nSPS) is 13.2. The molecule has 0 spiro atoms. The predicted molar refractivity (Wildman–Crippen MR) is 117 cm³/mol. The molecule has 6 nitrogen and oxygen atoms in total. The molecule has 29 heavy (non-hydrogen) atoms. The predicted octanol–water partition coefficient (Wildman–Crippen LogP) is 3.01. The molecule has 0 saturated carbocycles. The number of fused-ring (bicyclic) bond motifs is 1. The van der Waals surface area contributed by atoms with Gasteiger partial charge in [-0.15, -0.1) is 11.3 Å². The maximum absolute atomic E-state index is 13.2. The van der Waals surface area contributed by atoms with E-state index in [1.807, 2.05) is 37.3 Å². The summed E-state index contributed by atoms with van der Waals surface area (Å²) < 4.78 is 0. The van der Waals surface area contributed by atoms with Crippen molar-refractivity contribution in [1.82, 2.24) is 15.2 Å². The van der Waals surface area contributed by atoms with E-state index in [1.165, 1.54) is 17.7 Å². The molecule has 0 saturated heterocycles. The first-order chi connectivity index (χ1) is 14.1. The van der Waals surface area contributed by atoms with Crippen LogP contribution in [0.2, 0.25) is 0 Å². The lowest BCUT2D eigenvalue weighted by Crippen LogP contribution is -2.42. The molecule has 1 aliphatic carbocycles. The molecule has 2 aromatic rings. The summed E-state index contributed by atoms with van der Waals surface area (Å²) in [4.78, 5) is 34.8. The third kappa shape index (κ3) is 6.11. The van der Waals surface area contributed by atoms with Gasteiger partial charge in [0.15, 0.2) is 5.13 Å². The molecule has 0 atom stereocenters. The first-order valence-electron chi connectivity index (χ1n) is 10.3. The number of nitrogens with zero attached hydrogens (tertiary/aromatic N) is 3. The summed E-state index contributed by atoms with van der Waals surface area (Å²) in [7, 11) is 1.80. The Kier molecular flexibility index (Phi) is 7.77. The minimum Gasteiger partial charge on any atom is -0.355 e. The highest BCUT2D eigenvalue weighted by Crippen LogP contribution is 2.32. The number of hydrogen-bond donors (Lipinski definition) is 1. The minimum absolute atomic E-state index is 0.0364. The highest BCUT2D eigenvalue weighted by Gasteiger charge is 2.24. The molecule has 0 radical (unpaired) electrons. The summed E-state index contributed by atoms with van der Waals surface area (Å²) >= 11 is 1.64. The Bertz CT molecular complexity index is 798. The lowest BCUT2D eigenvalue weighted by molar-refractivity contribution is -0.123. The topological polar surface area (TPSA) is 65.5 Å². The number of aryl methyl sites for hydroxylation is 2. The number of carbonyl (C=O) groups excluding carboxylic acids is 2. The Balaban J connectivity index is 1.72. The second-order valence-corrected chi connectivity index (χ2v) is 8.62. The third-order valence-corrected chi connectivity index (χ3v) is 6.12. The molecule has 1 aromatic carbocycles. The Morgan fingerprint density at radius 2 is 1.90 bits per heavy atom. The van der Waals surface area contributed by atoms with Crippen molar-refractivity contribution in [2.24, 2.45) is 0 Å². The monoisotopic (exact) mass is 414 g/mol. The summed E-state index contributed by atoms with van der Waals surface area (Å²) in [6, 6.07) is 9.98. The van der Waals surface area contributed by atoms with E-state index in [2.05, 4.69) is 5.32 Å². The van der Waals surface area contributed by atoms with Crippen LogP contribution >= 0.6 is 11.3 Å². The highest BCUT2D eigenvalue weighted by atomic mass is 32.1. The fraction of sp³-hybridized carbons (Fsp3) is 0.500. The standard InChI is InChI=1S/C22H30N4O2S/c1-3-13-23-20(27)15-25(2)16-21(28)26(14-17-9-5-4-6-10-17)22-24-18-11-7-8-12-19(18)29-22/h4-6,9-10H,3,7-8,11-16H2,1-2H3,(H,23,27). The van der Waals surface area contributed by atoms with E-state index >= 15 is 0 Å². The molecule has 0 fully saturated rings. The summed E-state index contributed by atoms with van der Waals surface area (Å²) in [5.74, 6) is -0.0905. The zero-order chi connectivity index (χ0) is 20.6. The van der Waals surface area contributed by atoms with Crippen LogP contribution in [0.25, 0.3) is 0 Å². The van der Waals surface area contributed by atoms with Gasteiger partial charge in [0.1, 0.15) is 0 Å². The quantitative estimate of drug-likeness (QED) is 0.685. The summed E-state index contributed by atoms with van der Waals surface area (Å²) in [6.07, 6.45) is 5.30. The average Bonchev–Trinajstić information content (AvgIpc) is 3.14. The smallest absolute Gasteiger partial charge is 0.243 e. The van der Waals surface area contributed by atoms with Gasteiger partial charge in [-0.1, -0.05) is 37.3 Å². The van der Waals surface area contributed by atoms with Crippen molar-refractivity contribution in [3.63, 3.8) is 0 Å². The van der Waals surface area contributed by atoms with Crippen molar-refractivity contribution in [3.05, 3.63) is 46.5 Å². The molecule has 0 aliphatic heterocycles. The molecule has 1 aromatic heterocycles. The van der Waals surface area contributed by atoms with Gasteiger partial charge >= 0.3 is 0 Å². The summed E-state index contributed by atoms with van der Waals surface area (Å²) in [5.41, 5.74) is 2.21. The molecule has 0 unspecified atom stereocenters. The van der Waals surface area contributed by atoms with Crippen LogP contribution in [-0.2, 0) is 29.0 Å². The zero-order valence-electron chi connectivity index (χ0n) is 17.3. The molecule has 2 amide bonds. The van der Waals surface area contributed by atoms with Gasteiger partial charge in [-0.25, -0.2) is 4.98 Å². The second-order valence-electron chi connectivity index (χ2n) is 7.56. The van der Waals surface area contributed by atoms with Crippen LogP contribution < -0.4 is 10.2 Å². The maximum atomic E-state index is 13.2. The van der Waals surface area contributed by atoms with Gasteiger partial charge in [0.2, 0.25) is 11.8 Å². The van der Waals surface area contributed by atoms with Gasteiger partial charge < -0.3 is 5.32 Å². The number of benzene rings is 1. The van der Waals surface area contributed by atoms with Crippen molar-refractivity contribution < 1.29 is 9.59 Å². The second kappa shape index (κ2) is 10.5. The molecule has 3 rings (SSSR count). The summed E-state index contributed by atoms with van der Waals surface area (Å²) in [6.45, 7) is 3.55. The molecule has 1 heterocycles. The third-order valence-electron chi connectivity index (χ3n) is 4.94. The largest absolute Gasteiger partial charge is 0.355 e. The fourth-order valence-electron chi connectivity index (χ4n) is 3.42. The van der Waals surface area contributed by atoms with E-state index in [0.717, 1.165) is 35.7 Å². The minimum atomic E-state index is -0.0542. The lowest BCUT2D eigenvalue weighted by atomic mass is 10.0. The Hall–Kier alpha value is -2.25. The molecule has 1 N–H and O–H groups in total. The van der Waals surface area contributed by atoms with E-state index < -0.39 is 0 Å². The number of hydrogen-bond acceptors (Lipinski definition) is 5. The van der Waals surface area contributed by atoms with Crippen molar-refractivity contribution in [3.8, 4) is 0 Å². The molecule has 7 heteroatoms. The molecule has 0 bridgehead atoms. The number of rotatable bonds is 9.